The number of aryl methyl sites for hydroxylation is 1. The molecule has 1 aliphatic rings. The Bertz CT molecular complexity index is 683. The second-order valence-corrected chi connectivity index (χ2v) is 5.91. The van der Waals surface area contributed by atoms with Crippen LogP contribution in [-0.4, -0.2) is 39.6 Å². The summed E-state index contributed by atoms with van der Waals surface area (Å²) in [7, 11) is 1.63. The average molecular weight is 314 g/mol. The highest BCUT2D eigenvalue weighted by Gasteiger charge is 2.30. The van der Waals surface area contributed by atoms with Crippen molar-refractivity contribution >= 4 is 5.91 Å². The Labute approximate surface area is 135 Å². The SMILES string of the molecule is COc1cccc(CC(=O)N2CCCCC2c2n[nH]c(C)n2)c1. The number of nitrogens with one attached hydrogen (secondary N) is 1. The zero-order valence-electron chi connectivity index (χ0n) is 13.6. The van der Waals surface area contributed by atoms with Gasteiger partial charge in [-0.25, -0.2) is 4.98 Å². The molecule has 1 aliphatic heterocycles. The third-order valence-electron chi connectivity index (χ3n) is 4.23. The quantitative estimate of drug-likeness (QED) is 0.941. The number of carbonyl (C=O) groups is 1. The summed E-state index contributed by atoms with van der Waals surface area (Å²) >= 11 is 0. The molecule has 0 bridgehead atoms. The minimum atomic E-state index is -0.0215. The van der Waals surface area contributed by atoms with E-state index in [-0.39, 0.29) is 11.9 Å². The zero-order valence-corrected chi connectivity index (χ0v) is 13.6. The van der Waals surface area contributed by atoms with Crippen LogP contribution in [0.4, 0.5) is 0 Å². The van der Waals surface area contributed by atoms with Gasteiger partial charge in [-0.2, -0.15) is 5.10 Å². The van der Waals surface area contributed by atoms with Crippen molar-refractivity contribution in [1.29, 1.82) is 0 Å². The first-order valence-corrected chi connectivity index (χ1v) is 7.98. The summed E-state index contributed by atoms with van der Waals surface area (Å²) in [6.45, 7) is 2.64. The minimum absolute atomic E-state index is 0.0215. The average Bonchev–Trinajstić information content (AvgIpc) is 3.01. The van der Waals surface area contributed by atoms with Crippen molar-refractivity contribution < 1.29 is 9.53 Å². The maximum atomic E-state index is 12.8. The second kappa shape index (κ2) is 6.81. The molecule has 1 amide bonds. The topological polar surface area (TPSA) is 71.1 Å². The normalized spacial score (nSPS) is 18.0. The number of hydrogen-bond acceptors (Lipinski definition) is 4. The van der Waals surface area contributed by atoms with E-state index in [1.165, 1.54) is 0 Å². The van der Waals surface area contributed by atoms with E-state index in [0.717, 1.165) is 48.8 Å². The van der Waals surface area contributed by atoms with Gasteiger partial charge in [0.15, 0.2) is 5.82 Å². The number of methoxy groups -OCH3 is 1. The summed E-state index contributed by atoms with van der Waals surface area (Å²) in [6, 6.07) is 7.64. The van der Waals surface area contributed by atoms with Crippen molar-refractivity contribution in [1.82, 2.24) is 20.1 Å². The van der Waals surface area contributed by atoms with E-state index in [1.807, 2.05) is 36.1 Å². The molecule has 0 spiro atoms. The molecule has 1 unspecified atom stereocenters. The molecular formula is C17H22N4O2. The van der Waals surface area contributed by atoms with Gasteiger partial charge in [-0.15, -0.1) is 0 Å². The second-order valence-electron chi connectivity index (χ2n) is 5.91. The van der Waals surface area contributed by atoms with Crippen molar-refractivity contribution in [3.63, 3.8) is 0 Å². The molecule has 122 valence electrons. The lowest BCUT2D eigenvalue weighted by Gasteiger charge is -2.34. The van der Waals surface area contributed by atoms with Crippen molar-refractivity contribution in [2.75, 3.05) is 13.7 Å². The maximum Gasteiger partial charge on any atom is 0.227 e. The highest BCUT2D eigenvalue weighted by Crippen LogP contribution is 2.29. The van der Waals surface area contributed by atoms with Gasteiger partial charge in [0.25, 0.3) is 0 Å². The molecule has 23 heavy (non-hydrogen) atoms. The molecule has 0 saturated carbocycles. The van der Waals surface area contributed by atoms with Crippen LogP contribution in [0.15, 0.2) is 24.3 Å². The van der Waals surface area contributed by atoms with Crippen LogP contribution in [0.3, 0.4) is 0 Å². The number of H-pyrrole nitrogens is 1. The fourth-order valence-electron chi connectivity index (χ4n) is 3.07. The Morgan fingerprint density at radius 2 is 2.30 bits per heavy atom. The molecular weight excluding hydrogens is 292 g/mol. The van der Waals surface area contributed by atoms with Gasteiger partial charge in [0.05, 0.1) is 19.6 Å². The van der Waals surface area contributed by atoms with E-state index in [4.69, 9.17) is 4.74 Å². The molecule has 1 aromatic carbocycles. The molecule has 1 fully saturated rings. The van der Waals surface area contributed by atoms with Crippen molar-refractivity contribution in [3.05, 3.63) is 41.5 Å². The van der Waals surface area contributed by atoms with E-state index < -0.39 is 0 Å². The molecule has 6 heteroatoms. The van der Waals surface area contributed by atoms with Gasteiger partial charge in [0.1, 0.15) is 11.6 Å². The van der Waals surface area contributed by atoms with Gasteiger partial charge in [0, 0.05) is 6.54 Å². The largest absolute Gasteiger partial charge is 0.497 e. The number of amides is 1. The van der Waals surface area contributed by atoms with Crippen LogP contribution in [0.5, 0.6) is 5.75 Å². The third-order valence-corrected chi connectivity index (χ3v) is 4.23. The molecule has 1 N–H and O–H groups in total. The molecule has 2 aromatic rings. The Balaban J connectivity index is 1.75. The maximum absolute atomic E-state index is 12.8. The van der Waals surface area contributed by atoms with Crippen molar-refractivity contribution in [2.45, 2.75) is 38.6 Å². The van der Waals surface area contributed by atoms with Gasteiger partial charge in [-0.05, 0) is 43.9 Å². The highest BCUT2D eigenvalue weighted by atomic mass is 16.5. The number of aromatic amines is 1. The predicted molar refractivity (Wildman–Crippen MR) is 86.1 cm³/mol. The molecule has 3 rings (SSSR count). The molecule has 2 heterocycles. The summed E-state index contributed by atoms with van der Waals surface area (Å²) in [5.74, 6) is 2.40. The summed E-state index contributed by atoms with van der Waals surface area (Å²) < 4.78 is 5.23. The van der Waals surface area contributed by atoms with Crippen LogP contribution in [0.1, 0.15) is 42.5 Å². The van der Waals surface area contributed by atoms with Gasteiger partial charge in [-0.1, -0.05) is 12.1 Å². The van der Waals surface area contributed by atoms with Gasteiger partial charge in [0.2, 0.25) is 5.91 Å². The first kappa shape index (κ1) is 15.5. The van der Waals surface area contributed by atoms with Crippen LogP contribution in [0.25, 0.3) is 0 Å². The smallest absolute Gasteiger partial charge is 0.227 e. The number of carbonyl (C=O) groups excluding carboxylic acids is 1. The number of rotatable bonds is 4. The fraction of sp³-hybridized carbons (Fsp3) is 0.471. The monoisotopic (exact) mass is 314 g/mol. The van der Waals surface area contributed by atoms with Crippen LogP contribution in [0, 0.1) is 6.92 Å². The number of hydrogen-bond donors (Lipinski definition) is 1. The number of nitrogens with zero attached hydrogens (tertiary/aromatic N) is 3. The van der Waals surface area contributed by atoms with Gasteiger partial charge in [-0.3, -0.25) is 9.89 Å². The number of likely N-dealkylation sites (tertiary alicyclic amines) is 1. The molecule has 1 aromatic heterocycles. The molecule has 1 saturated heterocycles. The summed E-state index contributed by atoms with van der Waals surface area (Å²) in [5.41, 5.74) is 0.963. The van der Waals surface area contributed by atoms with E-state index in [0.29, 0.717) is 6.42 Å². The first-order chi connectivity index (χ1) is 11.2. The van der Waals surface area contributed by atoms with Crippen LogP contribution in [-0.2, 0) is 11.2 Å². The number of benzene rings is 1. The molecule has 0 radical (unpaired) electrons. The zero-order chi connectivity index (χ0) is 16.2. The summed E-state index contributed by atoms with van der Waals surface area (Å²) in [6.07, 6.45) is 3.42. The Morgan fingerprint density at radius 1 is 1.43 bits per heavy atom. The molecule has 6 nitrogen and oxygen atoms in total. The minimum Gasteiger partial charge on any atom is -0.497 e. The third kappa shape index (κ3) is 3.52. The molecule has 0 aliphatic carbocycles. The van der Waals surface area contributed by atoms with E-state index in [2.05, 4.69) is 15.2 Å². The summed E-state index contributed by atoms with van der Waals surface area (Å²) in [5, 5.41) is 7.13. The Morgan fingerprint density at radius 3 is 3.04 bits per heavy atom. The summed E-state index contributed by atoms with van der Waals surface area (Å²) in [4.78, 5) is 19.1. The van der Waals surface area contributed by atoms with E-state index in [1.54, 1.807) is 7.11 Å². The first-order valence-electron chi connectivity index (χ1n) is 7.98. The lowest BCUT2D eigenvalue weighted by atomic mass is 10.00. The fourth-order valence-corrected chi connectivity index (χ4v) is 3.07. The van der Waals surface area contributed by atoms with Gasteiger partial charge < -0.3 is 9.64 Å². The van der Waals surface area contributed by atoms with Crippen LogP contribution in [0.2, 0.25) is 0 Å². The van der Waals surface area contributed by atoms with E-state index in [9.17, 15) is 4.79 Å². The lowest BCUT2D eigenvalue weighted by Crippen LogP contribution is -2.39. The Hall–Kier alpha value is -2.37. The molecule has 1 atom stereocenters. The standard InChI is InChI=1S/C17H22N4O2/c1-12-18-17(20-19-12)15-8-3-4-9-21(15)16(22)11-13-6-5-7-14(10-13)23-2/h5-7,10,15H,3-4,8-9,11H2,1-2H3,(H,18,19,20). The highest BCUT2D eigenvalue weighted by molar-refractivity contribution is 5.79. The van der Waals surface area contributed by atoms with Crippen LogP contribution >= 0.6 is 0 Å². The van der Waals surface area contributed by atoms with Crippen LogP contribution < -0.4 is 4.74 Å². The number of aromatic nitrogens is 3. The van der Waals surface area contributed by atoms with Gasteiger partial charge >= 0.3 is 0 Å². The predicted octanol–water partition coefficient (Wildman–Crippen LogP) is 2.42. The lowest BCUT2D eigenvalue weighted by molar-refractivity contribution is -0.134. The van der Waals surface area contributed by atoms with Crippen molar-refractivity contribution in [3.8, 4) is 5.75 Å². The van der Waals surface area contributed by atoms with E-state index >= 15 is 0 Å². The number of ether oxygens (including phenoxy) is 1. The number of piperidine rings is 1. The van der Waals surface area contributed by atoms with Crippen molar-refractivity contribution in [2.24, 2.45) is 0 Å². The Kier molecular flexibility index (Phi) is 4.60.